The molecule has 0 spiro atoms. The molecule has 1 atom stereocenters. The van der Waals surface area contributed by atoms with Crippen LogP contribution in [0, 0.1) is 0 Å². The lowest BCUT2D eigenvalue weighted by atomic mass is 10.2. The highest BCUT2D eigenvalue weighted by molar-refractivity contribution is 7.98. The Morgan fingerprint density at radius 3 is 2.67 bits per heavy atom. The van der Waals surface area contributed by atoms with E-state index in [-0.39, 0.29) is 0 Å². The SMILES string of the molecule is CCCOCCNC(=O)NC(CCSC)C(=O)O. The van der Waals surface area contributed by atoms with Crippen LogP contribution >= 0.6 is 11.8 Å². The third kappa shape index (κ3) is 9.12. The molecule has 0 aliphatic carbocycles. The highest BCUT2D eigenvalue weighted by Crippen LogP contribution is 2.00. The minimum absolute atomic E-state index is 0.376. The standard InChI is InChI=1S/C11H22N2O4S/c1-3-6-17-7-5-12-11(16)13-9(10(14)15)4-8-18-2/h9H,3-8H2,1-2H3,(H,14,15)(H2,12,13,16). The average Bonchev–Trinajstić information content (AvgIpc) is 2.33. The highest BCUT2D eigenvalue weighted by atomic mass is 32.2. The quantitative estimate of drug-likeness (QED) is 0.517. The topological polar surface area (TPSA) is 87.7 Å². The molecule has 7 heteroatoms. The van der Waals surface area contributed by atoms with Gasteiger partial charge in [-0.25, -0.2) is 9.59 Å². The molecule has 0 aromatic heterocycles. The van der Waals surface area contributed by atoms with E-state index < -0.39 is 18.0 Å². The van der Waals surface area contributed by atoms with Crippen molar-refractivity contribution >= 4 is 23.8 Å². The van der Waals surface area contributed by atoms with Crippen LogP contribution in [0.3, 0.4) is 0 Å². The first-order valence-corrected chi connectivity index (χ1v) is 7.35. The summed E-state index contributed by atoms with van der Waals surface area (Å²) in [6.07, 6.45) is 3.24. The normalized spacial score (nSPS) is 11.9. The van der Waals surface area contributed by atoms with E-state index in [2.05, 4.69) is 10.6 Å². The van der Waals surface area contributed by atoms with E-state index in [0.29, 0.717) is 31.9 Å². The van der Waals surface area contributed by atoms with Crippen LogP contribution in [0.4, 0.5) is 4.79 Å². The molecule has 0 rings (SSSR count). The maximum absolute atomic E-state index is 11.4. The minimum Gasteiger partial charge on any atom is -0.480 e. The highest BCUT2D eigenvalue weighted by Gasteiger charge is 2.18. The summed E-state index contributed by atoms with van der Waals surface area (Å²) in [7, 11) is 0. The molecule has 1 unspecified atom stereocenters. The lowest BCUT2D eigenvalue weighted by Gasteiger charge is -2.14. The first-order valence-electron chi connectivity index (χ1n) is 5.95. The maximum Gasteiger partial charge on any atom is 0.326 e. The van der Waals surface area contributed by atoms with Gasteiger partial charge in [-0.05, 0) is 24.9 Å². The molecule has 0 fully saturated rings. The summed E-state index contributed by atoms with van der Waals surface area (Å²) in [4.78, 5) is 22.3. The monoisotopic (exact) mass is 278 g/mol. The van der Waals surface area contributed by atoms with E-state index >= 15 is 0 Å². The van der Waals surface area contributed by atoms with Crippen molar-refractivity contribution in [1.29, 1.82) is 0 Å². The summed E-state index contributed by atoms with van der Waals surface area (Å²) in [5.41, 5.74) is 0. The zero-order chi connectivity index (χ0) is 13.8. The maximum atomic E-state index is 11.4. The summed E-state index contributed by atoms with van der Waals surface area (Å²) in [6.45, 7) is 3.47. The molecule has 2 amide bonds. The molecular formula is C11H22N2O4S. The van der Waals surface area contributed by atoms with Gasteiger partial charge in [-0.1, -0.05) is 6.92 Å². The third-order valence-electron chi connectivity index (χ3n) is 2.09. The predicted octanol–water partition coefficient (Wildman–Crippen LogP) is 0.919. The van der Waals surface area contributed by atoms with Gasteiger partial charge in [-0.15, -0.1) is 0 Å². The van der Waals surface area contributed by atoms with Crippen LogP contribution < -0.4 is 10.6 Å². The summed E-state index contributed by atoms with van der Waals surface area (Å²) in [6, 6.07) is -1.31. The van der Waals surface area contributed by atoms with Gasteiger partial charge < -0.3 is 20.5 Å². The van der Waals surface area contributed by atoms with Crippen molar-refractivity contribution in [3.05, 3.63) is 0 Å². The van der Waals surface area contributed by atoms with E-state index in [9.17, 15) is 9.59 Å². The average molecular weight is 278 g/mol. The van der Waals surface area contributed by atoms with Crippen LogP contribution in [0.15, 0.2) is 0 Å². The lowest BCUT2D eigenvalue weighted by Crippen LogP contribution is -2.47. The van der Waals surface area contributed by atoms with E-state index in [1.165, 1.54) is 0 Å². The molecule has 0 aromatic carbocycles. The fourth-order valence-electron chi connectivity index (χ4n) is 1.19. The number of urea groups is 1. The molecule has 6 nitrogen and oxygen atoms in total. The number of rotatable bonds is 10. The fraction of sp³-hybridized carbons (Fsp3) is 0.818. The molecule has 0 saturated heterocycles. The van der Waals surface area contributed by atoms with Crippen molar-refractivity contribution < 1.29 is 19.4 Å². The Balaban J connectivity index is 3.77. The van der Waals surface area contributed by atoms with E-state index in [1.54, 1.807) is 11.8 Å². The molecule has 0 bridgehead atoms. The van der Waals surface area contributed by atoms with Crippen molar-refractivity contribution in [2.75, 3.05) is 31.8 Å². The van der Waals surface area contributed by atoms with Crippen molar-refractivity contribution in [2.45, 2.75) is 25.8 Å². The molecule has 0 saturated carbocycles. The third-order valence-corrected chi connectivity index (χ3v) is 2.74. The Hall–Kier alpha value is -0.950. The number of aliphatic carboxylic acids is 1. The number of hydrogen-bond donors (Lipinski definition) is 3. The molecular weight excluding hydrogens is 256 g/mol. The summed E-state index contributed by atoms with van der Waals surface area (Å²) in [5, 5.41) is 13.9. The zero-order valence-electron chi connectivity index (χ0n) is 10.9. The number of carbonyl (C=O) groups is 2. The van der Waals surface area contributed by atoms with Gasteiger partial charge in [0.05, 0.1) is 6.61 Å². The Bertz CT molecular complexity index is 251. The number of ether oxygens (including phenoxy) is 1. The van der Waals surface area contributed by atoms with Crippen molar-refractivity contribution in [1.82, 2.24) is 10.6 Å². The van der Waals surface area contributed by atoms with Crippen molar-refractivity contribution in [3.63, 3.8) is 0 Å². The smallest absolute Gasteiger partial charge is 0.326 e. The number of carboxylic acid groups (broad SMARTS) is 1. The van der Waals surface area contributed by atoms with Crippen LogP contribution in [-0.2, 0) is 9.53 Å². The van der Waals surface area contributed by atoms with Crippen LogP contribution in [0.25, 0.3) is 0 Å². The Morgan fingerprint density at radius 1 is 1.39 bits per heavy atom. The molecule has 18 heavy (non-hydrogen) atoms. The minimum atomic E-state index is -1.01. The number of carbonyl (C=O) groups excluding carboxylic acids is 1. The number of amides is 2. The van der Waals surface area contributed by atoms with Gasteiger partial charge in [0.2, 0.25) is 0 Å². The Labute approximate surface area is 112 Å². The number of nitrogens with one attached hydrogen (secondary N) is 2. The second-order valence-corrected chi connectivity index (χ2v) is 4.67. The largest absolute Gasteiger partial charge is 0.480 e. The first-order chi connectivity index (χ1) is 8.61. The molecule has 0 aliphatic heterocycles. The fourth-order valence-corrected chi connectivity index (χ4v) is 1.66. The van der Waals surface area contributed by atoms with E-state index in [0.717, 1.165) is 6.42 Å². The van der Waals surface area contributed by atoms with Crippen LogP contribution in [0.5, 0.6) is 0 Å². The summed E-state index contributed by atoms with van der Waals surface area (Å²) in [5.74, 6) is -0.321. The van der Waals surface area contributed by atoms with E-state index in [4.69, 9.17) is 9.84 Å². The molecule has 3 N–H and O–H groups in total. The van der Waals surface area contributed by atoms with Crippen molar-refractivity contribution in [2.24, 2.45) is 0 Å². The Morgan fingerprint density at radius 2 is 2.11 bits per heavy atom. The van der Waals surface area contributed by atoms with Gasteiger partial charge >= 0.3 is 12.0 Å². The van der Waals surface area contributed by atoms with Gasteiger partial charge in [-0.3, -0.25) is 0 Å². The predicted molar refractivity (Wildman–Crippen MR) is 72.1 cm³/mol. The first kappa shape index (κ1) is 17.1. The van der Waals surface area contributed by atoms with Gasteiger partial charge in [0.25, 0.3) is 0 Å². The lowest BCUT2D eigenvalue weighted by molar-refractivity contribution is -0.139. The number of thioether (sulfide) groups is 1. The van der Waals surface area contributed by atoms with Crippen molar-refractivity contribution in [3.8, 4) is 0 Å². The molecule has 0 aliphatic rings. The summed E-state index contributed by atoms with van der Waals surface area (Å²) >= 11 is 1.55. The second kappa shape index (κ2) is 11.2. The molecule has 106 valence electrons. The summed E-state index contributed by atoms with van der Waals surface area (Å²) < 4.78 is 5.19. The van der Waals surface area contributed by atoms with Crippen LogP contribution in [-0.4, -0.2) is 54.9 Å². The van der Waals surface area contributed by atoms with Gasteiger partial charge in [-0.2, -0.15) is 11.8 Å². The number of hydrogen-bond acceptors (Lipinski definition) is 4. The second-order valence-electron chi connectivity index (χ2n) is 3.68. The van der Waals surface area contributed by atoms with Gasteiger partial charge in [0, 0.05) is 13.2 Å². The van der Waals surface area contributed by atoms with Gasteiger partial charge in [0.15, 0.2) is 0 Å². The number of carboxylic acids is 1. The van der Waals surface area contributed by atoms with Gasteiger partial charge in [0.1, 0.15) is 6.04 Å². The van der Waals surface area contributed by atoms with Crippen LogP contribution in [0.1, 0.15) is 19.8 Å². The Kier molecular flexibility index (Phi) is 10.6. The van der Waals surface area contributed by atoms with E-state index in [1.807, 2.05) is 13.2 Å². The zero-order valence-corrected chi connectivity index (χ0v) is 11.7. The molecule has 0 heterocycles. The molecule has 0 aromatic rings. The molecule has 0 radical (unpaired) electrons. The van der Waals surface area contributed by atoms with Crippen LogP contribution in [0.2, 0.25) is 0 Å².